The molecule has 1 aromatic heterocycles. The third-order valence-electron chi connectivity index (χ3n) is 3.54. The van der Waals surface area contributed by atoms with E-state index in [2.05, 4.69) is 4.98 Å². The maximum atomic E-state index is 12.2. The molecule has 2 rings (SSSR count). The van der Waals surface area contributed by atoms with Crippen LogP contribution in [0.3, 0.4) is 0 Å². The van der Waals surface area contributed by atoms with Crippen LogP contribution in [0.1, 0.15) is 35.3 Å². The molecule has 1 aromatic carbocycles. The van der Waals surface area contributed by atoms with Gasteiger partial charge in [-0.2, -0.15) is 0 Å². The predicted molar refractivity (Wildman–Crippen MR) is 87.5 cm³/mol. The van der Waals surface area contributed by atoms with Crippen molar-refractivity contribution in [2.45, 2.75) is 19.4 Å². The highest BCUT2D eigenvalue weighted by molar-refractivity contribution is 6.06. The molecule has 23 heavy (non-hydrogen) atoms. The van der Waals surface area contributed by atoms with Crippen LogP contribution in [0.25, 0.3) is 6.08 Å². The maximum absolute atomic E-state index is 12.2. The average Bonchev–Trinajstić information content (AvgIpc) is 2.56. The summed E-state index contributed by atoms with van der Waals surface area (Å²) in [4.78, 5) is 38.0. The second kappa shape index (κ2) is 7.51. The molecule has 6 heteroatoms. The van der Waals surface area contributed by atoms with Crippen LogP contribution in [0.4, 0.5) is 0 Å². The second-order valence-corrected chi connectivity index (χ2v) is 5.06. The van der Waals surface area contributed by atoms with Gasteiger partial charge in [-0.05, 0) is 18.1 Å². The SMILES string of the molecule is CCC(CO)n1cc(C(=O)C=Cc2ccccc2)c(=O)[nH]c1=O. The van der Waals surface area contributed by atoms with Gasteiger partial charge in [-0.25, -0.2) is 4.79 Å². The number of benzene rings is 1. The molecule has 2 aromatic rings. The first-order chi connectivity index (χ1) is 11.1. The Morgan fingerprint density at radius 3 is 2.61 bits per heavy atom. The number of hydrogen-bond donors (Lipinski definition) is 2. The van der Waals surface area contributed by atoms with E-state index in [4.69, 9.17) is 0 Å². The van der Waals surface area contributed by atoms with Gasteiger partial charge in [-0.3, -0.25) is 19.1 Å². The summed E-state index contributed by atoms with van der Waals surface area (Å²) in [6.07, 6.45) is 4.59. The van der Waals surface area contributed by atoms with E-state index in [1.165, 1.54) is 16.8 Å². The lowest BCUT2D eigenvalue weighted by Crippen LogP contribution is -2.36. The number of aromatic nitrogens is 2. The second-order valence-electron chi connectivity index (χ2n) is 5.06. The third-order valence-corrected chi connectivity index (χ3v) is 3.54. The van der Waals surface area contributed by atoms with Crippen molar-refractivity contribution in [3.63, 3.8) is 0 Å². The highest BCUT2D eigenvalue weighted by atomic mass is 16.3. The Morgan fingerprint density at radius 2 is 2.00 bits per heavy atom. The Hall–Kier alpha value is -2.73. The Labute approximate surface area is 132 Å². The fraction of sp³-hybridized carbons (Fsp3) is 0.235. The lowest BCUT2D eigenvalue weighted by molar-refractivity contribution is 0.104. The summed E-state index contributed by atoms with van der Waals surface area (Å²) in [5.74, 6) is -0.503. The third kappa shape index (κ3) is 3.92. The number of carbonyl (C=O) groups excluding carboxylic acids is 1. The minimum Gasteiger partial charge on any atom is -0.394 e. The molecular weight excluding hydrogens is 296 g/mol. The Bertz CT molecular complexity index is 814. The van der Waals surface area contributed by atoms with Crippen LogP contribution in [0.5, 0.6) is 0 Å². The quantitative estimate of drug-likeness (QED) is 0.622. The number of aliphatic hydroxyl groups is 1. The molecule has 0 spiro atoms. The fourth-order valence-corrected chi connectivity index (χ4v) is 2.17. The predicted octanol–water partition coefficient (Wildman–Crippen LogP) is 1.38. The minimum atomic E-state index is -0.734. The van der Waals surface area contributed by atoms with Crippen LogP contribution in [0.2, 0.25) is 0 Å². The highest BCUT2D eigenvalue weighted by Gasteiger charge is 2.15. The summed E-state index contributed by atoms with van der Waals surface area (Å²) in [6, 6.07) is 8.71. The first-order valence-corrected chi connectivity index (χ1v) is 7.30. The van der Waals surface area contributed by atoms with Crippen LogP contribution in [0, 0.1) is 0 Å². The molecule has 120 valence electrons. The molecule has 0 bridgehead atoms. The summed E-state index contributed by atoms with van der Waals surface area (Å²) < 4.78 is 1.19. The van der Waals surface area contributed by atoms with Crippen molar-refractivity contribution in [1.82, 2.24) is 9.55 Å². The van der Waals surface area contributed by atoms with E-state index in [1.54, 1.807) is 13.0 Å². The van der Waals surface area contributed by atoms with Gasteiger partial charge in [0.15, 0.2) is 5.78 Å². The number of H-pyrrole nitrogens is 1. The van der Waals surface area contributed by atoms with Gasteiger partial charge in [-0.1, -0.05) is 43.3 Å². The number of ketones is 1. The van der Waals surface area contributed by atoms with Crippen molar-refractivity contribution < 1.29 is 9.90 Å². The number of nitrogens with one attached hydrogen (secondary N) is 1. The van der Waals surface area contributed by atoms with Gasteiger partial charge in [0.2, 0.25) is 0 Å². The molecule has 0 aliphatic heterocycles. The molecule has 1 heterocycles. The molecule has 6 nitrogen and oxygen atoms in total. The molecule has 2 N–H and O–H groups in total. The standard InChI is InChI=1S/C17H18N2O4/c1-2-13(11-20)19-10-14(16(22)18-17(19)23)15(21)9-8-12-6-4-3-5-7-12/h3-10,13,20H,2,11H2,1H3,(H,18,22,23). The maximum Gasteiger partial charge on any atom is 0.328 e. The minimum absolute atomic E-state index is 0.135. The summed E-state index contributed by atoms with van der Waals surface area (Å²) >= 11 is 0. The van der Waals surface area contributed by atoms with Gasteiger partial charge in [0.1, 0.15) is 5.56 Å². The van der Waals surface area contributed by atoms with Gasteiger partial charge in [0, 0.05) is 6.20 Å². The molecule has 0 saturated heterocycles. The Balaban J connectivity index is 2.37. The van der Waals surface area contributed by atoms with Crippen molar-refractivity contribution in [3.05, 3.63) is 74.6 Å². The van der Waals surface area contributed by atoms with Crippen LogP contribution >= 0.6 is 0 Å². The molecule has 0 saturated carbocycles. The number of rotatable bonds is 6. The van der Waals surface area contributed by atoms with E-state index in [9.17, 15) is 19.5 Å². The van der Waals surface area contributed by atoms with Gasteiger partial charge < -0.3 is 5.11 Å². The smallest absolute Gasteiger partial charge is 0.328 e. The topological polar surface area (TPSA) is 92.2 Å². The molecule has 0 radical (unpaired) electrons. The van der Waals surface area contributed by atoms with E-state index in [0.29, 0.717) is 6.42 Å². The van der Waals surface area contributed by atoms with Crippen molar-refractivity contribution in [3.8, 4) is 0 Å². The Kier molecular flexibility index (Phi) is 5.43. The first kappa shape index (κ1) is 16.6. The normalized spacial score (nSPS) is 12.4. The zero-order valence-electron chi connectivity index (χ0n) is 12.7. The first-order valence-electron chi connectivity index (χ1n) is 7.30. The molecule has 1 atom stereocenters. The fourth-order valence-electron chi connectivity index (χ4n) is 2.17. The van der Waals surface area contributed by atoms with E-state index >= 15 is 0 Å². The van der Waals surface area contributed by atoms with Gasteiger partial charge >= 0.3 is 5.69 Å². The van der Waals surface area contributed by atoms with Crippen LogP contribution in [-0.2, 0) is 0 Å². The number of allylic oxidation sites excluding steroid dienone is 1. The van der Waals surface area contributed by atoms with Gasteiger partial charge in [-0.15, -0.1) is 0 Å². The summed E-state index contributed by atoms with van der Waals surface area (Å²) in [5, 5.41) is 9.30. The molecule has 0 aliphatic carbocycles. The number of nitrogens with zero attached hydrogens (tertiary/aromatic N) is 1. The van der Waals surface area contributed by atoms with Gasteiger partial charge in [0.25, 0.3) is 5.56 Å². The molecule has 0 amide bonds. The van der Waals surface area contributed by atoms with Crippen molar-refractivity contribution in [1.29, 1.82) is 0 Å². The number of aromatic amines is 1. The zero-order chi connectivity index (χ0) is 16.8. The summed E-state index contributed by atoms with van der Waals surface area (Å²) in [7, 11) is 0. The van der Waals surface area contributed by atoms with Crippen LogP contribution in [0.15, 0.2) is 52.2 Å². The number of hydrogen-bond acceptors (Lipinski definition) is 4. The van der Waals surface area contributed by atoms with E-state index < -0.39 is 23.1 Å². The molecule has 0 fully saturated rings. The number of carbonyl (C=O) groups is 1. The van der Waals surface area contributed by atoms with E-state index in [-0.39, 0.29) is 12.2 Å². The van der Waals surface area contributed by atoms with Crippen LogP contribution in [-0.4, -0.2) is 27.0 Å². The van der Waals surface area contributed by atoms with Crippen molar-refractivity contribution >= 4 is 11.9 Å². The molecule has 0 aliphatic rings. The summed E-state index contributed by atoms with van der Waals surface area (Å²) in [5.41, 5.74) is -0.683. The Morgan fingerprint density at radius 1 is 1.30 bits per heavy atom. The largest absolute Gasteiger partial charge is 0.394 e. The monoisotopic (exact) mass is 314 g/mol. The number of aliphatic hydroxyl groups excluding tert-OH is 1. The highest BCUT2D eigenvalue weighted by Crippen LogP contribution is 2.08. The van der Waals surface area contributed by atoms with E-state index in [0.717, 1.165) is 5.56 Å². The van der Waals surface area contributed by atoms with Gasteiger partial charge in [0.05, 0.1) is 12.6 Å². The average molecular weight is 314 g/mol. The lowest BCUT2D eigenvalue weighted by Gasteiger charge is -2.15. The van der Waals surface area contributed by atoms with Crippen molar-refractivity contribution in [2.75, 3.05) is 6.61 Å². The van der Waals surface area contributed by atoms with E-state index in [1.807, 2.05) is 30.3 Å². The zero-order valence-corrected chi connectivity index (χ0v) is 12.7. The lowest BCUT2D eigenvalue weighted by atomic mass is 10.1. The van der Waals surface area contributed by atoms with Crippen LogP contribution < -0.4 is 11.2 Å². The summed E-state index contributed by atoms with van der Waals surface area (Å²) in [6.45, 7) is 1.55. The molecular formula is C17H18N2O4. The van der Waals surface area contributed by atoms with Crippen molar-refractivity contribution in [2.24, 2.45) is 0 Å². The molecule has 1 unspecified atom stereocenters.